The molecule has 4 heteroatoms. The lowest BCUT2D eigenvalue weighted by Crippen LogP contribution is -2.39. The minimum Gasteiger partial charge on any atom is -0.394 e. The van der Waals surface area contributed by atoms with E-state index in [1.807, 2.05) is 6.92 Å². The maximum absolute atomic E-state index is 8.70. The van der Waals surface area contributed by atoms with Gasteiger partial charge >= 0.3 is 0 Å². The van der Waals surface area contributed by atoms with E-state index in [0.717, 1.165) is 32.5 Å². The number of aliphatic hydroxyl groups excluding tert-OH is 1. The van der Waals surface area contributed by atoms with Crippen LogP contribution in [-0.2, 0) is 4.74 Å². The van der Waals surface area contributed by atoms with Crippen LogP contribution in [0.1, 0.15) is 19.8 Å². The van der Waals surface area contributed by atoms with E-state index < -0.39 is 0 Å². The number of hydrogen-bond acceptors (Lipinski definition) is 4. The second-order valence-electron chi connectivity index (χ2n) is 4.12. The van der Waals surface area contributed by atoms with Crippen LogP contribution in [0.2, 0.25) is 0 Å². The molecule has 1 atom stereocenters. The molecule has 86 valence electrons. The molecule has 0 radical (unpaired) electrons. The third kappa shape index (κ3) is 4.61. The summed E-state index contributed by atoms with van der Waals surface area (Å²) in [7, 11) is 0. The zero-order chi connectivity index (χ0) is 11.1. The Kier molecular flexibility index (Phi) is 5.62. The fourth-order valence-corrected chi connectivity index (χ4v) is 1.91. The van der Waals surface area contributed by atoms with Crippen LogP contribution in [0.3, 0.4) is 0 Å². The van der Waals surface area contributed by atoms with E-state index in [1.54, 1.807) is 0 Å². The largest absolute Gasteiger partial charge is 0.394 e. The van der Waals surface area contributed by atoms with Crippen molar-refractivity contribution in [2.75, 3.05) is 32.8 Å². The van der Waals surface area contributed by atoms with Crippen LogP contribution in [0.15, 0.2) is 0 Å². The zero-order valence-corrected chi connectivity index (χ0v) is 9.35. The molecule has 1 fully saturated rings. The maximum Gasteiger partial charge on any atom is 0.0701 e. The number of ether oxygens (including phenoxy) is 1. The lowest BCUT2D eigenvalue weighted by atomic mass is 10.1. The summed E-state index contributed by atoms with van der Waals surface area (Å²) in [4.78, 5) is 2.31. The van der Waals surface area contributed by atoms with Gasteiger partial charge < -0.3 is 14.7 Å². The van der Waals surface area contributed by atoms with Crippen molar-refractivity contribution >= 4 is 0 Å². The van der Waals surface area contributed by atoms with E-state index >= 15 is 0 Å². The Morgan fingerprint density at radius 2 is 2.20 bits per heavy atom. The first-order chi connectivity index (χ1) is 7.26. The van der Waals surface area contributed by atoms with E-state index in [1.165, 1.54) is 0 Å². The van der Waals surface area contributed by atoms with Crippen molar-refractivity contribution in [2.24, 2.45) is 5.92 Å². The Bertz CT molecular complexity index is 207. The summed E-state index contributed by atoms with van der Waals surface area (Å²) in [6, 6.07) is 2.25. The van der Waals surface area contributed by atoms with Crippen molar-refractivity contribution in [1.29, 1.82) is 5.26 Å². The molecule has 0 aliphatic carbocycles. The van der Waals surface area contributed by atoms with Crippen LogP contribution >= 0.6 is 0 Å². The SMILES string of the molecule is CC(C#N)CN1CCC(OCCO)CC1. The molecule has 0 aromatic rings. The predicted octanol–water partition coefficient (Wildman–Crippen LogP) is 0.619. The molecule has 1 saturated heterocycles. The number of hydrogen-bond donors (Lipinski definition) is 1. The van der Waals surface area contributed by atoms with E-state index in [-0.39, 0.29) is 12.5 Å². The molecule has 0 saturated carbocycles. The van der Waals surface area contributed by atoms with Gasteiger partial charge in [0.15, 0.2) is 0 Å². The van der Waals surface area contributed by atoms with Crippen LogP contribution in [0.25, 0.3) is 0 Å². The summed E-state index contributed by atoms with van der Waals surface area (Å²) < 4.78 is 5.47. The first kappa shape index (κ1) is 12.4. The van der Waals surface area contributed by atoms with Crippen molar-refractivity contribution in [3.05, 3.63) is 0 Å². The fraction of sp³-hybridized carbons (Fsp3) is 0.909. The number of piperidine rings is 1. The third-order valence-corrected chi connectivity index (χ3v) is 2.73. The average molecular weight is 212 g/mol. The van der Waals surface area contributed by atoms with Crippen LogP contribution in [0.4, 0.5) is 0 Å². The number of nitrogens with zero attached hydrogens (tertiary/aromatic N) is 2. The first-order valence-electron chi connectivity index (χ1n) is 5.60. The van der Waals surface area contributed by atoms with Gasteiger partial charge in [-0.2, -0.15) is 5.26 Å². The highest BCUT2D eigenvalue weighted by Gasteiger charge is 2.20. The van der Waals surface area contributed by atoms with Gasteiger partial charge in [0, 0.05) is 19.6 Å². The summed E-state index contributed by atoms with van der Waals surface area (Å²) in [5.74, 6) is 0.111. The summed E-state index contributed by atoms with van der Waals surface area (Å²) in [6.07, 6.45) is 2.32. The van der Waals surface area contributed by atoms with Crippen LogP contribution in [-0.4, -0.2) is 49.0 Å². The summed E-state index contributed by atoms with van der Waals surface area (Å²) in [5.41, 5.74) is 0. The van der Waals surface area contributed by atoms with Crippen molar-refractivity contribution in [3.8, 4) is 6.07 Å². The first-order valence-corrected chi connectivity index (χ1v) is 5.60. The summed E-state index contributed by atoms with van der Waals surface area (Å²) in [6.45, 7) is 5.37. The van der Waals surface area contributed by atoms with Gasteiger partial charge in [-0.05, 0) is 19.8 Å². The van der Waals surface area contributed by atoms with Gasteiger partial charge in [-0.3, -0.25) is 0 Å². The quantitative estimate of drug-likeness (QED) is 0.726. The molecule has 1 aliphatic heterocycles. The summed E-state index contributed by atoms with van der Waals surface area (Å²) >= 11 is 0. The second kappa shape index (κ2) is 6.78. The van der Waals surface area contributed by atoms with Crippen LogP contribution in [0.5, 0.6) is 0 Å². The standard InChI is InChI=1S/C11H20N2O2/c1-10(8-12)9-13-4-2-11(3-5-13)15-7-6-14/h10-11,14H,2-7,9H2,1H3. The molecule has 1 heterocycles. The van der Waals surface area contributed by atoms with Crippen LogP contribution in [0, 0.1) is 17.2 Å². The molecule has 1 aliphatic rings. The molecule has 15 heavy (non-hydrogen) atoms. The Hall–Kier alpha value is -0.630. The van der Waals surface area contributed by atoms with Crippen molar-refractivity contribution < 1.29 is 9.84 Å². The van der Waals surface area contributed by atoms with E-state index in [4.69, 9.17) is 15.1 Å². The topological polar surface area (TPSA) is 56.5 Å². The number of aliphatic hydroxyl groups is 1. The number of likely N-dealkylation sites (tertiary alicyclic amines) is 1. The van der Waals surface area contributed by atoms with Gasteiger partial charge in [-0.1, -0.05) is 0 Å². The molecule has 0 aromatic heterocycles. The van der Waals surface area contributed by atoms with Crippen molar-refractivity contribution in [2.45, 2.75) is 25.9 Å². The van der Waals surface area contributed by atoms with Crippen LogP contribution < -0.4 is 0 Å². The average Bonchev–Trinajstić information content (AvgIpc) is 2.28. The van der Waals surface area contributed by atoms with Gasteiger partial charge in [0.25, 0.3) is 0 Å². The molecule has 4 nitrogen and oxygen atoms in total. The highest BCUT2D eigenvalue weighted by atomic mass is 16.5. The molecule has 0 aromatic carbocycles. The minimum atomic E-state index is 0.103. The molecular weight excluding hydrogens is 192 g/mol. The van der Waals surface area contributed by atoms with Gasteiger partial charge in [-0.25, -0.2) is 0 Å². The predicted molar refractivity (Wildman–Crippen MR) is 57.3 cm³/mol. The summed E-state index contributed by atoms with van der Waals surface area (Å²) in [5, 5.41) is 17.3. The fourth-order valence-electron chi connectivity index (χ4n) is 1.91. The molecule has 0 amide bonds. The highest BCUT2D eigenvalue weighted by Crippen LogP contribution is 2.14. The maximum atomic E-state index is 8.70. The van der Waals surface area contributed by atoms with Gasteiger partial charge in [0.05, 0.1) is 31.3 Å². The monoisotopic (exact) mass is 212 g/mol. The highest BCUT2D eigenvalue weighted by molar-refractivity contribution is 4.83. The van der Waals surface area contributed by atoms with E-state index in [9.17, 15) is 0 Å². The normalized spacial score (nSPS) is 21.1. The lowest BCUT2D eigenvalue weighted by molar-refractivity contribution is -0.00869. The Balaban J connectivity index is 2.15. The smallest absolute Gasteiger partial charge is 0.0701 e. The van der Waals surface area contributed by atoms with E-state index in [0.29, 0.717) is 12.7 Å². The lowest BCUT2D eigenvalue weighted by Gasteiger charge is -2.32. The Morgan fingerprint density at radius 1 is 1.53 bits per heavy atom. The van der Waals surface area contributed by atoms with Gasteiger partial charge in [-0.15, -0.1) is 0 Å². The Morgan fingerprint density at radius 3 is 2.73 bits per heavy atom. The number of rotatable bonds is 5. The van der Waals surface area contributed by atoms with Crippen molar-refractivity contribution in [1.82, 2.24) is 4.90 Å². The second-order valence-corrected chi connectivity index (χ2v) is 4.12. The van der Waals surface area contributed by atoms with E-state index in [2.05, 4.69) is 11.0 Å². The minimum absolute atomic E-state index is 0.103. The van der Waals surface area contributed by atoms with Gasteiger partial charge in [0.2, 0.25) is 0 Å². The Labute approximate surface area is 91.4 Å². The number of nitriles is 1. The zero-order valence-electron chi connectivity index (χ0n) is 9.35. The molecule has 1 rings (SSSR count). The molecule has 0 bridgehead atoms. The molecular formula is C11H20N2O2. The molecule has 0 spiro atoms. The molecule has 1 unspecified atom stereocenters. The third-order valence-electron chi connectivity index (χ3n) is 2.73. The van der Waals surface area contributed by atoms with Gasteiger partial charge in [0.1, 0.15) is 0 Å². The molecule has 1 N–H and O–H groups in total. The van der Waals surface area contributed by atoms with Crippen molar-refractivity contribution in [3.63, 3.8) is 0 Å².